The van der Waals surface area contributed by atoms with Crippen LogP contribution in [0, 0.1) is 5.92 Å². The van der Waals surface area contributed by atoms with E-state index in [4.69, 9.17) is 9.47 Å². The number of carboxylic acids is 1. The average Bonchev–Trinajstić information content (AvgIpc) is 3.29. The number of carbonyl (C=O) groups excluding carboxylic acids is 2. The summed E-state index contributed by atoms with van der Waals surface area (Å²) >= 11 is 0. The van der Waals surface area contributed by atoms with Crippen molar-refractivity contribution in [3.05, 3.63) is 48.0 Å². The van der Waals surface area contributed by atoms with Crippen LogP contribution < -0.4 is 0 Å². The number of imidazole rings is 1. The number of rotatable bonds is 7. The van der Waals surface area contributed by atoms with E-state index in [1.807, 2.05) is 0 Å². The summed E-state index contributed by atoms with van der Waals surface area (Å²) in [6.45, 7) is 10.0. The summed E-state index contributed by atoms with van der Waals surface area (Å²) in [4.78, 5) is 42.8. The molecule has 0 unspecified atom stereocenters. The predicted molar refractivity (Wildman–Crippen MR) is 134 cm³/mol. The third-order valence-electron chi connectivity index (χ3n) is 6.18. The summed E-state index contributed by atoms with van der Waals surface area (Å²) in [5.74, 6) is -1.38. The van der Waals surface area contributed by atoms with Crippen LogP contribution in [-0.4, -0.2) is 55.5 Å². The normalized spacial score (nSPS) is 19.4. The molecule has 12 heteroatoms. The molecule has 9 nitrogen and oxygen atoms in total. The Kier molecular flexibility index (Phi) is 8.10. The number of imide groups is 1. The zero-order valence-electron chi connectivity index (χ0n) is 22.8. The Balaban J connectivity index is 1.70. The largest absolute Gasteiger partial charge is 0.481 e. The Bertz CT molecular complexity index is 1180. The van der Waals surface area contributed by atoms with Crippen molar-refractivity contribution < 1.29 is 42.1 Å². The Morgan fingerprint density at radius 1 is 1.03 bits per heavy atom. The number of alkyl halides is 3. The van der Waals surface area contributed by atoms with Crippen molar-refractivity contribution in [2.75, 3.05) is 6.54 Å². The van der Waals surface area contributed by atoms with Crippen molar-refractivity contribution in [1.82, 2.24) is 14.5 Å². The second kappa shape index (κ2) is 10.5. The smallest absolute Gasteiger partial charge is 0.419 e. The number of benzene rings is 1. The highest BCUT2D eigenvalue weighted by Crippen LogP contribution is 2.56. The summed E-state index contributed by atoms with van der Waals surface area (Å²) in [7, 11) is 0. The number of halogens is 3. The van der Waals surface area contributed by atoms with Gasteiger partial charge in [-0.15, -0.1) is 0 Å². The molecular formula is C27H34F3N3O6. The first-order valence-corrected chi connectivity index (χ1v) is 12.5. The summed E-state index contributed by atoms with van der Waals surface area (Å²) in [5.41, 5.74) is -3.03. The maximum Gasteiger partial charge on any atom is 0.419 e. The van der Waals surface area contributed by atoms with Crippen molar-refractivity contribution in [3.63, 3.8) is 0 Å². The Morgan fingerprint density at radius 3 is 2.03 bits per heavy atom. The molecule has 1 saturated carbocycles. The lowest BCUT2D eigenvalue weighted by molar-refractivity contribution is -0.140. The maximum absolute atomic E-state index is 12.9. The number of amides is 2. The van der Waals surface area contributed by atoms with Crippen LogP contribution in [0.1, 0.15) is 72.1 Å². The summed E-state index contributed by atoms with van der Waals surface area (Å²) < 4.78 is 50.8. The number of nitrogens with zero attached hydrogens (tertiary/aromatic N) is 3. The van der Waals surface area contributed by atoms with E-state index in [1.54, 1.807) is 41.5 Å². The van der Waals surface area contributed by atoms with E-state index in [-0.39, 0.29) is 18.2 Å². The molecule has 1 aliphatic rings. The van der Waals surface area contributed by atoms with Crippen molar-refractivity contribution in [2.24, 2.45) is 5.92 Å². The van der Waals surface area contributed by atoms with E-state index in [2.05, 4.69) is 4.98 Å². The van der Waals surface area contributed by atoms with Gasteiger partial charge in [-0.25, -0.2) is 19.5 Å². The monoisotopic (exact) mass is 553 g/mol. The Morgan fingerprint density at radius 2 is 1.56 bits per heavy atom. The molecule has 0 aliphatic heterocycles. The molecule has 1 heterocycles. The number of aromatic nitrogens is 2. The van der Waals surface area contributed by atoms with Crippen LogP contribution in [-0.2, 0) is 25.9 Å². The van der Waals surface area contributed by atoms with Gasteiger partial charge >= 0.3 is 24.3 Å². The third-order valence-corrected chi connectivity index (χ3v) is 6.18. The van der Waals surface area contributed by atoms with E-state index in [0.29, 0.717) is 24.9 Å². The van der Waals surface area contributed by atoms with Gasteiger partial charge in [0.15, 0.2) is 0 Å². The second-order valence-electron chi connectivity index (χ2n) is 11.6. The lowest BCUT2D eigenvalue weighted by Gasteiger charge is -2.28. The van der Waals surface area contributed by atoms with Crippen molar-refractivity contribution in [2.45, 2.75) is 83.6 Å². The molecule has 0 spiro atoms. The Labute approximate surface area is 224 Å². The van der Waals surface area contributed by atoms with Gasteiger partial charge in [0.1, 0.15) is 16.6 Å². The molecule has 0 radical (unpaired) electrons. The zero-order valence-corrected chi connectivity index (χ0v) is 22.8. The van der Waals surface area contributed by atoms with E-state index < -0.39 is 46.5 Å². The molecule has 1 aromatic carbocycles. The molecule has 0 saturated heterocycles. The number of ether oxygens (including phenoxy) is 2. The van der Waals surface area contributed by atoms with Crippen LogP contribution in [0.4, 0.5) is 22.8 Å². The summed E-state index contributed by atoms with van der Waals surface area (Å²) in [6.07, 6.45) is -2.32. The quantitative estimate of drug-likeness (QED) is 0.435. The molecule has 39 heavy (non-hydrogen) atoms. The number of carboxylic acid groups (broad SMARTS) is 1. The molecule has 1 aromatic heterocycles. The highest BCUT2D eigenvalue weighted by Gasteiger charge is 2.62. The van der Waals surface area contributed by atoms with E-state index in [1.165, 1.54) is 29.2 Å². The van der Waals surface area contributed by atoms with Crippen LogP contribution in [0.2, 0.25) is 0 Å². The van der Waals surface area contributed by atoms with E-state index in [0.717, 1.165) is 17.0 Å². The van der Waals surface area contributed by atoms with Crippen molar-refractivity contribution in [3.8, 4) is 5.69 Å². The van der Waals surface area contributed by atoms with Crippen LogP contribution in [0.25, 0.3) is 5.69 Å². The van der Waals surface area contributed by atoms with Gasteiger partial charge in [-0.2, -0.15) is 13.2 Å². The fraction of sp³-hybridized carbons (Fsp3) is 0.556. The number of carbonyl (C=O) groups is 3. The zero-order chi connectivity index (χ0) is 29.4. The van der Waals surface area contributed by atoms with Gasteiger partial charge in [0, 0.05) is 18.4 Å². The van der Waals surface area contributed by atoms with Gasteiger partial charge < -0.3 is 19.1 Å². The topological polar surface area (TPSA) is 111 Å². The SMILES string of the molecule is CC(C)(C)OC(=O)N(CCC[C@H]1C[C@]1(C(=O)O)c1cn(-c2ccc(C(F)(F)F)cc2)cn1)C(=O)OC(C)(C)C. The van der Waals surface area contributed by atoms with Gasteiger partial charge in [0.25, 0.3) is 0 Å². The van der Waals surface area contributed by atoms with Gasteiger partial charge in [-0.1, -0.05) is 0 Å². The molecule has 2 atom stereocenters. The van der Waals surface area contributed by atoms with Gasteiger partial charge in [-0.3, -0.25) is 4.79 Å². The first-order valence-electron chi connectivity index (χ1n) is 12.5. The third kappa shape index (κ3) is 7.30. The summed E-state index contributed by atoms with van der Waals surface area (Å²) in [6, 6.07) is 4.47. The molecule has 1 N–H and O–H groups in total. The lowest BCUT2D eigenvalue weighted by Crippen LogP contribution is -2.44. The first kappa shape index (κ1) is 30.0. The van der Waals surface area contributed by atoms with Crippen LogP contribution in [0.5, 0.6) is 0 Å². The molecule has 1 fully saturated rings. The minimum absolute atomic E-state index is 0.0317. The van der Waals surface area contributed by atoms with Crippen LogP contribution >= 0.6 is 0 Å². The predicted octanol–water partition coefficient (Wildman–Crippen LogP) is 6.19. The molecule has 2 amide bonds. The Hall–Kier alpha value is -3.57. The molecule has 2 aromatic rings. The standard InChI is InChI=1S/C27H34F3N3O6/c1-24(2,3)38-22(36)33(23(37)39-25(4,5)6)13-7-8-18-14-26(18,21(34)35)20-15-32(16-31-20)19-11-9-17(10-12-19)27(28,29)30/h9-12,15-16,18H,7-8,13-14H2,1-6H3,(H,34,35)/t18-,26+/m0/s1. The fourth-order valence-corrected chi connectivity index (χ4v) is 4.27. The number of hydrogen-bond acceptors (Lipinski definition) is 6. The minimum atomic E-state index is -4.46. The van der Waals surface area contributed by atoms with E-state index >= 15 is 0 Å². The van der Waals surface area contributed by atoms with Gasteiger partial charge in [0.2, 0.25) is 0 Å². The maximum atomic E-state index is 12.9. The molecule has 214 valence electrons. The second-order valence-corrected chi connectivity index (χ2v) is 11.6. The minimum Gasteiger partial charge on any atom is -0.481 e. The molecule has 3 rings (SSSR count). The molecular weight excluding hydrogens is 519 g/mol. The first-order chi connectivity index (χ1) is 17.8. The highest BCUT2D eigenvalue weighted by molar-refractivity contribution is 5.88. The highest BCUT2D eigenvalue weighted by atomic mass is 19.4. The molecule has 0 bridgehead atoms. The number of aliphatic carboxylic acids is 1. The molecule has 1 aliphatic carbocycles. The van der Waals surface area contributed by atoms with Gasteiger partial charge in [-0.05, 0) is 91.0 Å². The lowest BCUT2D eigenvalue weighted by atomic mass is 9.97. The van der Waals surface area contributed by atoms with Crippen LogP contribution in [0.3, 0.4) is 0 Å². The van der Waals surface area contributed by atoms with E-state index in [9.17, 15) is 32.7 Å². The average molecular weight is 554 g/mol. The number of hydrogen-bond donors (Lipinski definition) is 1. The summed E-state index contributed by atoms with van der Waals surface area (Å²) in [5, 5.41) is 10.0. The van der Waals surface area contributed by atoms with Crippen molar-refractivity contribution >= 4 is 18.2 Å². The van der Waals surface area contributed by atoms with Crippen LogP contribution in [0.15, 0.2) is 36.8 Å². The van der Waals surface area contributed by atoms with Crippen molar-refractivity contribution in [1.29, 1.82) is 0 Å². The van der Waals surface area contributed by atoms with Gasteiger partial charge in [0.05, 0.1) is 17.6 Å². The fourth-order valence-electron chi connectivity index (χ4n) is 4.27.